The number of carbonyl (C=O) groups is 1. The molecule has 1 heterocycles. The molecule has 0 bridgehead atoms. The Hall–Kier alpha value is -1.58. The van der Waals surface area contributed by atoms with Crippen LogP contribution in [0.3, 0.4) is 0 Å². The molecule has 1 radical (unpaired) electrons. The number of hydrogen-bond donors (Lipinski definition) is 0. The Morgan fingerprint density at radius 3 is 2.36 bits per heavy atom. The van der Waals surface area contributed by atoms with E-state index in [2.05, 4.69) is 42.7 Å². The fourth-order valence-electron chi connectivity index (χ4n) is 3.00. The van der Waals surface area contributed by atoms with Gasteiger partial charge >= 0.3 is 0 Å². The van der Waals surface area contributed by atoms with Gasteiger partial charge in [0.15, 0.2) is 5.78 Å². The Balaban J connectivity index is 0.00000225. The predicted octanol–water partition coefficient (Wildman–Crippen LogP) is 3.25. The van der Waals surface area contributed by atoms with Gasteiger partial charge in [-0.05, 0) is 36.1 Å². The minimum Gasteiger partial charge on any atom is -0.295 e. The molecular formula is C21H23N2OY+. The van der Waals surface area contributed by atoms with Crippen LogP contribution in [0.2, 0.25) is 0 Å². The summed E-state index contributed by atoms with van der Waals surface area (Å²) in [5, 5.41) is 0. The van der Waals surface area contributed by atoms with E-state index in [0.29, 0.717) is 13.0 Å². The molecular weight excluding hydrogens is 385 g/mol. The number of aryl methyl sites for hydroxylation is 2. The van der Waals surface area contributed by atoms with E-state index in [1.165, 1.54) is 16.7 Å². The van der Waals surface area contributed by atoms with Crippen molar-refractivity contribution in [2.24, 2.45) is 0 Å². The molecule has 0 spiro atoms. The Bertz CT molecular complexity index is 820. The van der Waals surface area contributed by atoms with Crippen molar-refractivity contribution in [1.29, 1.82) is 0 Å². The SMILES string of the molecule is Cc1cccc(C)c1CC(=O)Cn1cc[n+](Cc2ccccc2)c1.[Y]. The van der Waals surface area contributed by atoms with Gasteiger partial charge in [-0.3, -0.25) is 4.79 Å². The van der Waals surface area contributed by atoms with Gasteiger partial charge in [0.2, 0.25) is 6.33 Å². The van der Waals surface area contributed by atoms with E-state index in [1.807, 2.05) is 47.6 Å². The van der Waals surface area contributed by atoms with Crippen LogP contribution in [0.5, 0.6) is 0 Å². The van der Waals surface area contributed by atoms with Crippen molar-refractivity contribution in [3.63, 3.8) is 0 Å². The number of hydrogen-bond acceptors (Lipinski definition) is 1. The maximum absolute atomic E-state index is 12.4. The zero-order valence-electron chi connectivity index (χ0n) is 14.9. The second-order valence-electron chi connectivity index (χ2n) is 6.33. The Labute approximate surface area is 174 Å². The van der Waals surface area contributed by atoms with E-state index >= 15 is 0 Å². The molecule has 3 aromatic rings. The van der Waals surface area contributed by atoms with Crippen molar-refractivity contribution in [3.05, 3.63) is 89.5 Å². The molecule has 0 aliphatic rings. The first kappa shape index (κ1) is 19.7. The zero-order valence-corrected chi connectivity index (χ0v) is 17.7. The fraction of sp³-hybridized carbons (Fsp3) is 0.238. The second-order valence-corrected chi connectivity index (χ2v) is 6.33. The summed E-state index contributed by atoms with van der Waals surface area (Å²) in [5.41, 5.74) is 4.79. The largest absolute Gasteiger partial charge is 0.295 e. The first-order valence-electron chi connectivity index (χ1n) is 8.27. The van der Waals surface area contributed by atoms with E-state index in [4.69, 9.17) is 0 Å². The summed E-state index contributed by atoms with van der Waals surface area (Å²) < 4.78 is 4.06. The van der Waals surface area contributed by atoms with Crippen molar-refractivity contribution in [2.75, 3.05) is 0 Å². The molecule has 0 fully saturated rings. The van der Waals surface area contributed by atoms with Crippen molar-refractivity contribution in [3.8, 4) is 0 Å². The molecule has 0 saturated heterocycles. The van der Waals surface area contributed by atoms with Crippen LogP contribution in [0.25, 0.3) is 0 Å². The third-order valence-corrected chi connectivity index (χ3v) is 4.33. The smallest absolute Gasteiger partial charge is 0.244 e. The third kappa shape index (κ3) is 5.45. The predicted molar refractivity (Wildman–Crippen MR) is 94.8 cm³/mol. The molecule has 0 aliphatic heterocycles. The summed E-state index contributed by atoms with van der Waals surface area (Å²) in [5.74, 6) is 0.231. The van der Waals surface area contributed by atoms with E-state index < -0.39 is 0 Å². The Kier molecular flexibility index (Phi) is 7.28. The van der Waals surface area contributed by atoms with E-state index in [-0.39, 0.29) is 38.5 Å². The molecule has 3 rings (SSSR count). The average Bonchev–Trinajstić information content (AvgIpc) is 2.99. The number of nitrogens with zero attached hydrogens (tertiary/aromatic N) is 2. The van der Waals surface area contributed by atoms with Crippen LogP contribution < -0.4 is 4.57 Å². The topological polar surface area (TPSA) is 25.9 Å². The number of aromatic nitrogens is 2. The molecule has 0 N–H and O–H groups in total. The second kappa shape index (κ2) is 9.21. The molecule has 0 amide bonds. The minimum absolute atomic E-state index is 0. The van der Waals surface area contributed by atoms with Gasteiger partial charge in [-0.2, -0.15) is 0 Å². The molecule has 0 atom stereocenters. The summed E-state index contributed by atoms with van der Waals surface area (Å²) in [6.45, 7) is 5.37. The molecule has 4 heteroatoms. The first-order chi connectivity index (χ1) is 11.6. The van der Waals surface area contributed by atoms with E-state index in [0.717, 1.165) is 12.1 Å². The van der Waals surface area contributed by atoms with Crippen LogP contribution in [0.1, 0.15) is 22.3 Å². The molecule has 25 heavy (non-hydrogen) atoms. The zero-order chi connectivity index (χ0) is 16.9. The molecule has 125 valence electrons. The third-order valence-electron chi connectivity index (χ3n) is 4.33. The van der Waals surface area contributed by atoms with E-state index in [9.17, 15) is 4.79 Å². The van der Waals surface area contributed by atoms with Crippen molar-refractivity contribution < 1.29 is 42.1 Å². The number of ketones is 1. The first-order valence-corrected chi connectivity index (χ1v) is 8.27. The van der Waals surface area contributed by atoms with Gasteiger partial charge in [-0.1, -0.05) is 48.5 Å². The number of carbonyl (C=O) groups excluding carboxylic acids is 1. The number of Topliss-reactive ketones (excluding diaryl/α,β-unsaturated/α-hetero) is 1. The van der Waals surface area contributed by atoms with Crippen LogP contribution in [0.15, 0.2) is 67.3 Å². The maximum atomic E-state index is 12.4. The van der Waals surface area contributed by atoms with Gasteiger partial charge in [0.25, 0.3) is 0 Å². The number of benzene rings is 2. The van der Waals surface area contributed by atoms with Gasteiger partial charge in [-0.25, -0.2) is 9.13 Å². The number of imidazole rings is 1. The monoisotopic (exact) mass is 408 g/mol. The van der Waals surface area contributed by atoms with Gasteiger partial charge in [-0.15, -0.1) is 0 Å². The van der Waals surface area contributed by atoms with Crippen molar-refractivity contribution in [1.82, 2.24) is 4.57 Å². The maximum Gasteiger partial charge on any atom is 0.244 e. The van der Waals surface area contributed by atoms with Crippen LogP contribution >= 0.6 is 0 Å². The number of rotatable bonds is 6. The molecule has 0 saturated carbocycles. The van der Waals surface area contributed by atoms with Crippen LogP contribution in [-0.4, -0.2) is 10.4 Å². The molecule has 0 unspecified atom stereocenters. The molecule has 1 aromatic heterocycles. The van der Waals surface area contributed by atoms with Gasteiger partial charge < -0.3 is 0 Å². The van der Waals surface area contributed by atoms with Crippen LogP contribution in [-0.2, 0) is 57.0 Å². The molecule has 3 nitrogen and oxygen atoms in total. The summed E-state index contributed by atoms with van der Waals surface area (Å²) in [7, 11) is 0. The summed E-state index contributed by atoms with van der Waals surface area (Å²) in [6.07, 6.45) is 6.47. The minimum atomic E-state index is 0. The van der Waals surface area contributed by atoms with Crippen LogP contribution in [0, 0.1) is 13.8 Å². The average molecular weight is 408 g/mol. The van der Waals surface area contributed by atoms with Crippen LogP contribution in [0.4, 0.5) is 0 Å². The summed E-state index contributed by atoms with van der Waals surface area (Å²) in [4.78, 5) is 12.4. The quantitative estimate of drug-likeness (QED) is 0.575. The Morgan fingerprint density at radius 2 is 1.68 bits per heavy atom. The van der Waals surface area contributed by atoms with Crippen molar-refractivity contribution in [2.45, 2.75) is 33.4 Å². The molecule has 0 aliphatic carbocycles. The van der Waals surface area contributed by atoms with Gasteiger partial charge in [0, 0.05) is 39.1 Å². The normalized spacial score (nSPS) is 10.3. The Morgan fingerprint density at radius 1 is 1.00 bits per heavy atom. The standard InChI is InChI=1S/C21H23N2O.Y/c1-17-7-6-8-18(2)21(17)13-20(24)15-23-12-11-22(16-23)14-19-9-4-3-5-10-19;/h3-12,16H,13-15H2,1-2H3;/q+1;. The summed E-state index contributed by atoms with van der Waals surface area (Å²) >= 11 is 0. The summed E-state index contributed by atoms with van der Waals surface area (Å²) in [6, 6.07) is 16.5. The fourth-order valence-corrected chi connectivity index (χ4v) is 3.00. The van der Waals surface area contributed by atoms with Gasteiger partial charge in [0.05, 0.1) is 0 Å². The van der Waals surface area contributed by atoms with E-state index in [1.54, 1.807) is 0 Å². The molecule has 2 aromatic carbocycles. The van der Waals surface area contributed by atoms with Gasteiger partial charge in [0.1, 0.15) is 25.5 Å². The van der Waals surface area contributed by atoms with Crippen molar-refractivity contribution >= 4 is 5.78 Å².